The fourth-order valence-corrected chi connectivity index (χ4v) is 1.72. The van der Waals surface area contributed by atoms with Gasteiger partial charge >= 0.3 is 0 Å². The van der Waals surface area contributed by atoms with Crippen molar-refractivity contribution in [1.82, 2.24) is 0 Å². The van der Waals surface area contributed by atoms with E-state index in [9.17, 15) is 20.0 Å². The van der Waals surface area contributed by atoms with Crippen molar-refractivity contribution in [2.24, 2.45) is 0 Å². The van der Waals surface area contributed by atoms with Gasteiger partial charge in [-0.15, -0.1) is 0 Å². The third kappa shape index (κ3) is 2.60. The molecule has 0 heterocycles. The lowest BCUT2D eigenvalue weighted by Crippen LogP contribution is -2.02. The van der Waals surface area contributed by atoms with Gasteiger partial charge in [-0.05, 0) is 36.8 Å². The van der Waals surface area contributed by atoms with E-state index in [1.807, 2.05) is 0 Å². The van der Waals surface area contributed by atoms with Crippen LogP contribution in [-0.4, -0.2) is 15.8 Å². The molecular formula is C14H11NO4. The molecule has 0 fully saturated rings. The highest BCUT2D eigenvalue weighted by atomic mass is 16.6. The number of nitro groups is 1. The Morgan fingerprint density at radius 2 is 1.79 bits per heavy atom. The van der Waals surface area contributed by atoms with Crippen LogP contribution in [0.3, 0.4) is 0 Å². The number of aromatic hydroxyl groups is 1. The average Bonchev–Trinajstić information content (AvgIpc) is 2.38. The van der Waals surface area contributed by atoms with Gasteiger partial charge < -0.3 is 5.11 Å². The zero-order valence-corrected chi connectivity index (χ0v) is 10.2. The van der Waals surface area contributed by atoms with Crippen LogP contribution in [0.25, 0.3) is 0 Å². The van der Waals surface area contributed by atoms with E-state index < -0.39 is 4.92 Å². The molecule has 19 heavy (non-hydrogen) atoms. The van der Waals surface area contributed by atoms with E-state index in [1.54, 1.807) is 13.0 Å². The summed E-state index contributed by atoms with van der Waals surface area (Å²) in [5.74, 6) is -0.462. The van der Waals surface area contributed by atoms with E-state index in [1.165, 1.54) is 36.4 Å². The van der Waals surface area contributed by atoms with Crippen LogP contribution in [0.2, 0.25) is 0 Å². The summed E-state index contributed by atoms with van der Waals surface area (Å²) in [6, 6.07) is 10.0. The molecule has 2 aromatic rings. The molecule has 0 aliphatic heterocycles. The summed E-state index contributed by atoms with van der Waals surface area (Å²) in [7, 11) is 0. The second kappa shape index (κ2) is 4.89. The first-order chi connectivity index (χ1) is 8.99. The lowest BCUT2D eigenvalue weighted by atomic mass is 10.0. The minimum Gasteiger partial charge on any atom is -0.507 e. The molecule has 0 aliphatic carbocycles. The number of benzene rings is 2. The monoisotopic (exact) mass is 257 g/mol. The molecule has 0 saturated carbocycles. The molecule has 0 atom stereocenters. The summed E-state index contributed by atoms with van der Waals surface area (Å²) in [5, 5.41) is 20.3. The average molecular weight is 257 g/mol. The zero-order chi connectivity index (χ0) is 14.0. The zero-order valence-electron chi connectivity index (χ0n) is 10.2. The number of hydrogen-bond donors (Lipinski definition) is 1. The third-order valence-corrected chi connectivity index (χ3v) is 2.74. The Bertz CT molecular complexity index is 647. The Morgan fingerprint density at radius 3 is 2.32 bits per heavy atom. The van der Waals surface area contributed by atoms with E-state index in [0.717, 1.165) is 5.56 Å². The number of carbonyl (C=O) groups excluding carboxylic acids is 1. The molecule has 0 amide bonds. The smallest absolute Gasteiger partial charge is 0.269 e. The molecule has 0 aromatic heterocycles. The van der Waals surface area contributed by atoms with Gasteiger partial charge in [-0.1, -0.05) is 6.07 Å². The summed E-state index contributed by atoms with van der Waals surface area (Å²) in [4.78, 5) is 22.1. The number of phenols is 1. The van der Waals surface area contributed by atoms with Gasteiger partial charge in [-0.2, -0.15) is 0 Å². The van der Waals surface area contributed by atoms with Crippen LogP contribution >= 0.6 is 0 Å². The van der Waals surface area contributed by atoms with E-state index in [-0.39, 0.29) is 22.8 Å². The fourth-order valence-electron chi connectivity index (χ4n) is 1.72. The van der Waals surface area contributed by atoms with Crippen molar-refractivity contribution >= 4 is 11.5 Å². The second-order valence-corrected chi connectivity index (χ2v) is 4.15. The highest BCUT2D eigenvalue weighted by molar-refractivity contribution is 6.10. The molecule has 0 aliphatic rings. The molecule has 5 nitrogen and oxygen atoms in total. The first-order valence-electron chi connectivity index (χ1n) is 5.58. The van der Waals surface area contributed by atoms with Crippen LogP contribution in [0.5, 0.6) is 5.75 Å². The highest BCUT2D eigenvalue weighted by Gasteiger charge is 2.14. The number of hydrogen-bond acceptors (Lipinski definition) is 4. The number of nitrogens with zero attached hydrogens (tertiary/aromatic N) is 1. The van der Waals surface area contributed by atoms with Gasteiger partial charge in [0.15, 0.2) is 5.78 Å². The number of carbonyl (C=O) groups is 1. The highest BCUT2D eigenvalue weighted by Crippen LogP contribution is 2.22. The number of aryl methyl sites for hydroxylation is 1. The predicted molar refractivity (Wildman–Crippen MR) is 69.4 cm³/mol. The maximum absolute atomic E-state index is 12.1. The summed E-state index contributed by atoms with van der Waals surface area (Å²) in [5.41, 5.74) is 1.24. The first-order valence-corrected chi connectivity index (χ1v) is 5.58. The van der Waals surface area contributed by atoms with Crippen LogP contribution in [-0.2, 0) is 0 Å². The van der Waals surface area contributed by atoms with E-state index in [2.05, 4.69) is 0 Å². The van der Waals surface area contributed by atoms with Crippen molar-refractivity contribution in [3.8, 4) is 5.75 Å². The van der Waals surface area contributed by atoms with Crippen LogP contribution in [0, 0.1) is 17.0 Å². The summed E-state index contributed by atoms with van der Waals surface area (Å²) >= 11 is 0. The first kappa shape index (κ1) is 12.8. The standard InChI is InChI=1S/C14H11NO4/c1-9-2-7-12(13(16)8-9)14(17)10-3-5-11(6-4-10)15(18)19/h2-8,16H,1H3. The Morgan fingerprint density at radius 1 is 1.16 bits per heavy atom. The molecule has 0 spiro atoms. The number of phenolic OH excluding ortho intramolecular Hbond substituents is 1. The molecule has 2 aromatic carbocycles. The molecule has 96 valence electrons. The fraction of sp³-hybridized carbons (Fsp3) is 0.0714. The summed E-state index contributed by atoms with van der Waals surface area (Å²) < 4.78 is 0. The SMILES string of the molecule is Cc1ccc(C(=O)c2ccc([N+](=O)[O-])cc2)c(O)c1. The van der Waals surface area contributed by atoms with Gasteiger partial charge in [-0.25, -0.2) is 0 Å². The molecule has 0 bridgehead atoms. The van der Waals surface area contributed by atoms with Crippen LogP contribution in [0.4, 0.5) is 5.69 Å². The van der Waals surface area contributed by atoms with Gasteiger partial charge in [0.1, 0.15) is 5.75 Å². The molecule has 0 saturated heterocycles. The normalized spacial score (nSPS) is 10.2. The lowest BCUT2D eigenvalue weighted by Gasteiger charge is -2.04. The number of nitro benzene ring substituents is 1. The maximum Gasteiger partial charge on any atom is 0.269 e. The van der Waals surface area contributed by atoms with Crippen molar-refractivity contribution in [2.45, 2.75) is 6.92 Å². The van der Waals surface area contributed by atoms with Crippen molar-refractivity contribution in [3.05, 3.63) is 69.3 Å². The predicted octanol–water partition coefficient (Wildman–Crippen LogP) is 2.84. The Balaban J connectivity index is 2.36. The largest absolute Gasteiger partial charge is 0.507 e. The van der Waals surface area contributed by atoms with E-state index >= 15 is 0 Å². The van der Waals surface area contributed by atoms with Crippen molar-refractivity contribution in [1.29, 1.82) is 0 Å². The third-order valence-electron chi connectivity index (χ3n) is 2.74. The minimum absolute atomic E-state index is 0.0790. The van der Waals surface area contributed by atoms with Gasteiger partial charge in [0.05, 0.1) is 10.5 Å². The Kier molecular flexibility index (Phi) is 3.29. The molecule has 2 rings (SSSR count). The van der Waals surface area contributed by atoms with Gasteiger partial charge in [-0.3, -0.25) is 14.9 Å². The minimum atomic E-state index is -0.530. The van der Waals surface area contributed by atoms with Crippen LogP contribution in [0.15, 0.2) is 42.5 Å². The quantitative estimate of drug-likeness (QED) is 0.520. The van der Waals surface area contributed by atoms with Crippen molar-refractivity contribution in [2.75, 3.05) is 0 Å². The molecular weight excluding hydrogens is 246 g/mol. The summed E-state index contributed by atoms with van der Waals surface area (Å²) in [6.07, 6.45) is 0. The van der Waals surface area contributed by atoms with Gasteiger partial charge in [0, 0.05) is 17.7 Å². The van der Waals surface area contributed by atoms with Crippen molar-refractivity contribution in [3.63, 3.8) is 0 Å². The lowest BCUT2D eigenvalue weighted by molar-refractivity contribution is -0.384. The number of non-ortho nitro benzene ring substituents is 1. The van der Waals surface area contributed by atoms with E-state index in [4.69, 9.17) is 0 Å². The Labute approximate surface area is 109 Å². The number of ketones is 1. The molecule has 1 N–H and O–H groups in total. The Hall–Kier alpha value is -2.69. The number of rotatable bonds is 3. The molecule has 0 unspecified atom stereocenters. The van der Waals surface area contributed by atoms with Gasteiger partial charge in [0.25, 0.3) is 5.69 Å². The van der Waals surface area contributed by atoms with Crippen LogP contribution in [0.1, 0.15) is 21.5 Å². The van der Waals surface area contributed by atoms with Crippen LogP contribution < -0.4 is 0 Å². The molecule has 5 heteroatoms. The molecule has 0 radical (unpaired) electrons. The summed E-state index contributed by atoms with van der Waals surface area (Å²) in [6.45, 7) is 1.81. The second-order valence-electron chi connectivity index (χ2n) is 4.15. The van der Waals surface area contributed by atoms with E-state index in [0.29, 0.717) is 5.56 Å². The maximum atomic E-state index is 12.1. The van der Waals surface area contributed by atoms with Crippen molar-refractivity contribution < 1.29 is 14.8 Å². The topological polar surface area (TPSA) is 80.4 Å². The van der Waals surface area contributed by atoms with Gasteiger partial charge in [0.2, 0.25) is 0 Å².